The zero-order chi connectivity index (χ0) is 16.9. The first-order chi connectivity index (χ1) is 10.9. The molecule has 5 nitrogen and oxygen atoms in total. The Morgan fingerprint density at radius 3 is 2.58 bits per heavy atom. The third kappa shape index (κ3) is 5.49. The van der Waals surface area contributed by atoms with Crippen molar-refractivity contribution in [2.75, 3.05) is 0 Å². The van der Waals surface area contributed by atoms with Crippen LogP contribution < -0.4 is 16.4 Å². The van der Waals surface area contributed by atoms with Crippen molar-refractivity contribution in [2.45, 2.75) is 57.7 Å². The number of amides is 2. The van der Waals surface area contributed by atoms with E-state index < -0.39 is 11.6 Å². The molecule has 2 amide bonds. The molecule has 0 aliphatic heterocycles. The summed E-state index contributed by atoms with van der Waals surface area (Å²) in [7, 11) is 0. The van der Waals surface area contributed by atoms with Crippen molar-refractivity contribution in [1.29, 1.82) is 0 Å². The standard InChI is InChI=1S/C18H27N3O2.ClH/c1-13(16(22)20-12-14-8-4-3-5-9-14)21-17(23)15-10-6-7-11-18(15,2)19;/h3-5,8-9,13,15H,6-7,10-12,19H2,1-2H3,(H,20,22)(H,21,23);1H. The van der Waals surface area contributed by atoms with Gasteiger partial charge in [-0.25, -0.2) is 0 Å². The van der Waals surface area contributed by atoms with Crippen molar-refractivity contribution in [1.82, 2.24) is 10.6 Å². The Balaban J connectivity index is 0.00000288. The molecule has 0 bridgehead atoms. The zero-order valence-electron chi connectivity index (χ0n) is 14.4. The number of benzene rings is 1. The molecule has 0 radical (unpaired) electrons. The fraction of sp³-hybridized carbons (Fsp3) is 0.556. The average Bonchev–Trinajstić information content (AvgIpc) is 2.52. The van der Waals surface area contributed by atoms with E-state index in [0.29, 0.717) is 6.54 Å². The second-order valence-electron chi connectivity index (χ2n) is 6.74. The predicted molar refractivity (Wildman–Crippen MR) is 97.7 cm³/mol. The van der Waals surface area contributed by atoms with Crippen LogP contribution in [0.2, 0.25) is 0 Å². The molecule has 0 aromatic heterocycles. The van der Waals surface area contributed by atoms with E-state index in [2.05, 4.69) is 10.6 Å². The lowest BCUT2D eigenvalue weighted by molar-refractivity contribution is -0.133. The van der Waals surface area contributed by atoms with Gasteiger partial charge in [-0.1, -0.05) is 43.2 Å². The maximum absolute atomic E-state index is 12.4. The average molecular weight is 354 g/mol. The summed E-state index contributed by atoms with van der Waals surface area (Å²) >= 11 is 0. The molecule has 1 aliphatic rings. The molecule has 1 saturated carbocycles. The van der Waals surface area contributed by atoms with E-state index in [0.717, 1.165) is 31.2 Å². The predicted octanol–water partition coefficient (Wildman–Crippen LogP) is 2.14. The van der Waals surface area contributed by atoms with Crippen LogP contribution in [0.25, 0.3) is 0 Å². The Labute approximate surface area is 150 Å². The smallest absolute Gasteiger partial charge is 0.242 e. The largest absolute Gasteiger partial charge is 0.350 e. The first-order valence-electron chi connectivity index (χ1n) is 8.31. The molecule has 0 saturated heterocycles. The highest BCUT2D eigenvalue weighted by Crippen LogP contribution is 2.31. The first-order valence-corrected chi connectivity index (χ1v) is 8.31. The maximum Gasteiger partial charge on any atom is 0.242 e. The van der Waals surface area contributed by atoms with E-state index in [1.165, 1.54) is 0 Å². The van der Waals surface area contributed by atoms with Crippen LogP contribution in [0.5, 0.6) is 0 Å². The molecule has 1 aliphatic carbocycles. The molecule has 3 atom stereocenters. The van der Waals surface area contributed by atoms with Crippen molar-refractivity contribution in [3.8, 4) is 0 Å². The Morgan fingerprint density at radius 2 is 1.96 bits per heavy atom. The zero-order valence-corrected chi connectivity index (χ0v) is 15.2. The summed E-state index contributed by atoms with van der Waals surface area (Å²) < 4.78 is 0. The maximum atomic E-state index is 12.4. The Bertz CT molecular complexity index is 548. The minimum Gasteiger partial charge on any atom is -0.350 e. The van der Waals surface area contributed by atoms with Gasteiger partial charge in [0.25, 0.3) is 0 Å². The Kier molecular flexibility index (Phi) is 7.70. The van der Waals surface area contributed by atoms with E-state index in [1.54, 1.807) is 6.92 Å². The number of nitrogens with one attached hydrogen (secondary N) is 2. The summed E-state index contributed by atoms with van der Waals surface area (Å²) in [6, 6.07) is 9.12. The molecule has 1 aromatic rings. The monoisotopic (exact) mass is 353 g/mol. The summed E-state index contributed by atoms with van der Waals surface area (Å²) in [5, 5.41) is 5.65. The van der Waals surface area contributed by atoms with Crippen LogP contribution in [0.3, 0.4) is 0 Å². The summed E-state index contributed by atoms with van der Waals surface area (Å²) in [6.07, 6.45) is 3.71. The van der Waals surface area contributed by atoms with E-state index in [1.807, 2.05) is 37.3 Å². The van der Waals surface area contributed by atoms with E-state index in [-0.39, 0.29) is 30.1 Å². The van der Waals surface area contributed by atoms with Gasteiger partial charge in [-0.05, 0) is 32.3 Å². The highest BCUT2D eigenvalue weighted by molar-refractivity contribution is 5.88. The topological polar surface area (TPSA) is 84.2 Å². The summed E-state index contributed by atoms with van der Waals surface area (Å²) in [5.74, 6) is -0.519. The van der Waals surface area contributed by atoms with Crippen LogP contribution in [-0.2, 0) is 16.1 Å². The van der Waals surface area contributed by atoms with Gasteiger partial charge >= 0.3 is 0 Å². The van der Waals surface area contributed by atoms with Crippen molar-refractivity contribution >= 4 is 24.2 Å². The van der Waals surface area contributed by atoms with Gasteiger partial charge in [0.2, 0.25) is 11.8 Å². The quantitative estimate of drug-likeness (QED) is 0.758. The van der Waals surface area contributed by atoms with Crippen LogP contribution in [0.15, 0.2) is 30.3 Å². The van der Waals surface area contributed by atoms with Crippen LogP contribution in [0, 0.1) is 5.92 Å². The lowest BCUT2D eigenvalue weighted by atomic mass is 9.74. The molecule has 3 unspecified atom stereocenters. The van der Waals surface area contributed by atoms with Gasteiger partial charge in [-0.15, -0.1) is 12.4 Å². The summed E-state index contributed by atoms with van der Waals surface area (Å²) in [6.45, 7) is 4.09. The molecule has 134 valence electrons. The Hall–Kier alpha value is -1.59. The van der Waals surface area contributed by atoms with E-state index in [9.17, 15) is 9.59 Å². The number of hydrogen-bond acceptors (Lipinski definition) is 3. The van der Waals surface area contributed by atoms with Crippen LogP contribution >= 0.6 is 12.4 Å². The number of hydrogen-bond donors (Lipinski definition) is 3. The van der Waals surface area contributed by atoms with Crippen LogP contribution in [-0.4, -0.2) is 23.4 Å². The highest BCUT2D eigenvalue weighted by atomic mass is 35.5. The van der Waals surface area contributed by atoms with Gasteiger partial charge < -0.3 is 16.4 Å². The fourth-order valence-corrected chi connectivity index (χ4v) is 3.11. The van der Waals surface area contributed by atoms with Gasteiger partial charge in [0, 0.05) is 12.1 Å². The molecule has 6 heteroatoms. The molecular weight excluding hydrogens is 326 g/mol. The third-order valence-electron chi connectivity index (χ3n) is 4.63. The molecule has 1 aromatic carbocycles. The minimum atomic E-state index is -0.566. The van der Waals surface area contributed by atoms with Crippen molar-refractivity contribution in [3.63, 3.8) is 0 Å². The van der Waals surface area contributed by atoms with E-state index in [4.69, 9.17) is 5.73 Å². The second-order valence-corrected chi connectivity index (χ2v) is 6.74. The lowest BCUT2D eigenvalue weighted by Crippen LogP contribution is -2.55. The number of halogens is 1. The van der Waals surface area contributed by atoms with Crippen molar-refractivity contribution in [3.05, 3.63) is 35.9 Å². The molecular formula is C18H28ClN3O2. The summed E-state index contributed by atoms with van der Waals surface area (Å²) in [4.78, 5) is 24.6. The number of carbonyl (C=O) groups excluding carboxylic acids is 2. The Morgan fingerprint density at radius 1 is 1.29 bits per heavy atom. The number of carbonyl (C=O) groups is 2. The molecule has 4 N–H and O–H groups in total. The molecule has 2 rings (SSSR count). The molecule has 0 heterocycles. The van der Waals surface area contributed by atoms with Crippen LogP contribution in [0.1, 0.15) is 45.1 Å². The first kappa shape index (κ1) is 20.5. The van der Waals surface area contributed by atoms with Gasteiger partial charge in [0.15, 0.2) is 0 Å². The van der Waals surface area contributed by atoms with Gasteiger partial charge in [0.05, 0.1) is 5.92 Å². The van der Waals surface area contributed by atoms with E-state index >= 15 is 0 Å². The fourth-order valence-electron chi connectivity index (χ4n) is 3.11. The van der Waals surface area contributed by atoms with Gasteiger partial charge in [-0.3, -0.25) is 9.59 Å². The van der Waals surface area contributed by atoms with Crippen molar-refractivity contribution < 1.29 is 9.59 Å². The lowest BCUT2D eigenvalue weighted by Gasteiger charge is -2.37. The minimum absolute atomic E-state index is 0. The number of rotatable bonds is 5. The number of nitrogens with two attached hydrogens (primary N) is 1. The van der Waals surface area contributed by atoms with Crippen LogP contribution in [0.4, 0.5) is 0 Å². The molecule has 0 spiro atoms. The normalized spacial score (nSPS) is 24.4. The van der Waals surface area contributed by atoms with Gasteiger partial charge in [-0.2, -0.15) is 0 Å². The SMILES string of the molecule is CC(NC(=O)C1CCCCC1(C)N)C(=O)NCc1ccccc1.Cl. The molecule has 24 heavy (non-hydrogen) atoms. The molecule has 1 fully saturated rings. The van der Waals surface area contributed by atoms with Gasteiger partial charge in [0.1, 0.15) is 6.04 Å². The van der Waals surface area contributed by atoms with Crippen molar-refractivity contribution in [2.24, 2.45) is 11.7 Å². The highest BCUT2D eigenvalue weighted by Gasteiger charge is 2.38. The third-order valence-corrected chi connectivity index (χ3v) is 4.63. The summed E-state index contributed by atoms with van der Waals surface area (Å²) in [5.41, 5.74) is 6.79. The second kappa shape index (κ2) is 9.04.